The van der Waals surface area contributed by atoms with Crippen LogP contribution in [0.25, 0.3) is 0 Å². The second-order valence-electron chi connectivity index (χ2n) is 4.65. The third kappa shape index (κ3) is 4.64. The van der Waals surface area contributed by atoms with E-state index in [9.17, 15) is 13.2 Å². The third-order valence-corrected chi connectivity index (χ3v) is 4.74. The summed E-state index contributed by atoms with van der Waals surface area (Å²) in [4.78, 5) is 18.5. The Hall–Kier alpha value is -1.41. The van der Waals surface area contributed by atoms with Gasteiger partial charge in [0.1, 0.15) is 0 Å². The number of rotatable bonds is 5. The molecule has 1 aliphatic rings. The first-order valence-corrected chi connectivity index (χ1v) is 8.05. The Morgan fingerprint density at radius 2 is 2.37 bits per heavy atom. The van der Waals surface area contributed by atoms with E-state index in [4.69, 9.17) is 0 Å². The first-order chi connectivity index (χ1) is 9.05. The number of imidazole rings is 1. The van der Waals surface area contributed by atoms with Crippen molar-refractivity contribution < 1.29 is 13.2 Å². The van der Waals surface area contributed by atoms with Gasteiger partial charge in [-0.2, -0.15) is 0 Å². The smallest absolute Gasteiger partial charge is 0.221 e. The summed E-state index contributed by atoms with van der Waals surface area (Å²) < 4.78 is 22.9. The Labute approximate surface area is 112 Å². The number of amides is 1. The highest BCUT2D eigenvalue weighted by molar-refractivity contribution is 7.91. The highest BCUT2D eigenvalue weighted by Gasteiger charge is 2.25. The summed E-state index contributed by atoms with van der Waals surface area (Å²) in [6, 6.07) is -0.272. The van der Waals surface area contributed by atoms with Gasteiger partial charge in [0, 0.05) is 43.9 Å². The first kappa shape index (κ1) is 14.0. The fourth-order valence-corrected chi connectivity index (χ4v) is 3.50. The van der Waals surface area contributed by atoms with E-state index in [2.05, 4.69) is 20.6 Å². The van der Waals surface area contributed by atoms with Crippen molar-refractivity contribution in [1.29, 1.82) is 0 Å². The maximum Gasteiger partial charge on any atom is 0.221 e. The van der Waals surface area contributed by atoms with Crippen LogP contribution in [0.3, 0.4) is 0 Å². The Morgan fingerprint density at radius 3 is 3.05 bits per heavy atom. The van der Waals surface area contributed by atoms with Crippen molar-refractivity contribution in [2.75, 3.05) is 24.6 Å². The molecule has 0 radical (unpaired) electrons. The summed E-state index contributed by atoms with van der Waals surface area (Å²) in [6.07, 6.45) is 4.18. The molecule has 2 rings (SSSR count). The van der Waals surface area contributed by atoms with Gasteiger partial charge in [0.25, 0.3) is 0 Å². The first-order valence-electron chi connectivity index (χ1n) is 6.23. The van der Waals surface area contributed by atoms with E-state index in [1.807, 2.05) is 0 Å². The lowest BCUT2D eigenvalue weighted by Gasteiger charge is -2.23. The third-order valence-electron chi connectivity index (χ3n) is 3.00. The average Bonchev–Trinajstić information content (AvgIpc) is 2.80. The van der Waals surface area contributed by atoms with Crippen LogP contribution in [0.15, 0.2) is 12.5 Å². The molecule has 2 heterocycles. The summed E-state index contributed by atoms with van der Waals surface area (Å²) in [5.41, 5.74) is 0.957. The van der Waals surface area contributed by atoms with Crippen LogP contribution < -0.4 is 10.6 Å². The molecule has 0 aliphatic carbocycles. The summed E-state index contributed by atoms with van der Waals surface area (Å²) >= 11 is 0. The van der Waals surface area contributed by atoms with Gasteiger partial charge < -0.3 is 15.6 Å². The molecule has 0 spiro atoms. The van der Waals surface area contributed by atoms with Crippen molar-refractivity contribution in [3.63, 3.8) is 0 Å². The normalized spacial score (nSPS) is 22.0. The largest absolute Gasteiger partial charge is 0.356 e. The van der Waals surface area contributed by atoms with Crippen LogP contribution in [0.2, 0.25) is 0 Å². The minimum atomic E-state index is -2.99. The number of hydrogen-bond donors (Lipinski definition) is 3. The molecule has 0 saturated carbocycles. The molecule has 3 N–H and O–H groups in total. The lowest BCUT2D eigenvalue weighted by Crippen LogP contribution is -2.47. The molecule has 1 unspecified atom stereocenters. The van der Waals surface area contributed by atoms with Crippen LogP contribution >= 0.6 is 0 Å². The van der Waals surface area contributed by atoms with Crippen LogP contribution in [0.5, 0.6) is 0 Å². The van der Waals surface area contributed by atoms with Crippen LogP contribution in [-0.4, -0.2) is 54.9 Å². The SMILES string of the molecule is O=C(CC1CS(=O)(=O)CCN1)NCCc1cnc[nH]1. The summed E-state index contributed by atoms with van der Waals surface area (Å²) in [5.74, 6) is 0.0699. The zero-order valence-corrected chi connectivity index (χ0v) is 11.4. The highest BCUT2D eigenvalue weighted by atomic mass is 32.2. The Balaban J connectivity index is 1.69. The highest BCUT2D eigenvalue weighted by Crippen LogP contribution is 2.04. The number of sulfone groups is 1. The Bertz CT molecular complexity index is 512. The molecule has 1 amide bonds. The van der Waals surface area contributed by atoms with Gasteiger partial charge in [0.05, 0.1) is 17.8 Å². The summed E-state index contributed by atoms with van der Waals surface area (Å²) in [7, 11) is -2.99. The van der Waals surface area contributed by atoms with E-state index in [-0.39, 0.29) is 29.9 Å². The number of nitrogens with zero attached hydrogens (tertiary/aromatic N) is 1. The lowest BCUT2D eigenvalue weighted by atomic mass is 10.2. The number of H-pyrrole nitrogens is 1. The minimum Gasteiger partial charge on any atom is -0.356 e. The van der Waals surface area contributed by atoms with Crippen molar-refractivity contribution >= 4 is 15.7 Å². The molecule has 7 nitrogen and oxygen atoms in total. The van der Waals surface area contributed by atoms with E-state index in [0.29, 0.717) is 19.5 Å². The second-order valence-corrected chi connectivity index (χ2v) is 6.88. The number of hydrogen-bond acceptors (Lipinski definition) is 5. The second kappa shape index (κ2) is 6.16. The Morgan fingerprint density at radius 1 is 1.53 bits per heavy atom. The van der Waals surface area contributed by atoms with Gasteiger partial charge in [-0.3, -0.25) is 4.79 Å². The molecule has 1 atom stereocenters. The fraction of sp³-hybridized carbons (Fsp3) is 0.636. The zero-order valence-electron chi connectivity index (χ0n) is 10.6. The number of nitrogens with one attached hydrogen (secondary N) is 3. The molecule has 1 saturated heterocycles. The molecular weight excluding hydrogens is 268 g/mol. The van der Waals surface area contributed by atoms with Crippen molar-refractivity contribution in [1.82, 2.24) is 20.6 Å². The molecule has 1 aromatic rings. The zero-order chi connectivity index (χ0) is 13.7. The summed E-state index contributed by atoms with van der Waals surface area (Å²) in [6.45, 7) is 0.939. The topological polar surface area (TPSA) is 104 Å². The molecule has 19 heavy (non-hydrogen) atoms. The van der Waals surface area contributed by atoms with Crippen LogP contribution in [0.4, 0.5) is 0 Å². The molecule has 0 aromatic carbocycles. The van der Waals surface area contributed by atoms with Crippen molar-refractivity contribution in [2.24, 2.45) is 0 Å². The van der Waals surface area contributed by atoms with E-state index in [1.165, 1.54) is 0 Å². The predicted octanol–water partition coefficient (Wildman–Crippen LogP) is -1.15. The van der Waals surface area contributed by atoms with Gasteiger partial charge in [0.2, 0.25) is 5.91 Å². The van der Waals surface area contributed by atoms with Gasteiger partial charge in [-0.15, -0.1) is 0 Å². The van der Waals surface area contributed by atoms with E-state index >= 15 is 0 Å². The number of carbonyl (C=O) groups excluding carboxylic acids is 1. The standard InChI is InChI=1S/C11H18N4O3S/c16-11(14-2-1-9-6-12-8-15-9)5-10-7-19(17,18)4-3-13-10/h6,8,10,13H,1-5,7H2,(H,12,15)(H,14,16). The minimum absolute atomic E-state index is 0.0426. The number of carbonyl (C=O) groups is 1. The predicted molar refractivity (Wildman–Crippen MR) is 70.4 cm³/mol. The molecule has 0 bridgehead atoms. The van der Waals surface area contributed by atoms with Crippen molar-refractivity contribution in [2.45, 2.75) is 18.9 Å². The van der Waals surface area contributed by atoms with Crippen LogP contribution in [-0.2, 0) is 21.1 Å². The maximum absolute atomic E-state index is 11.7. The average molecular weight is 286 g/mol. The molecule has 1 aliphatic heterocycles. The van der Waals surface area contributed by atoms with Crippen LogP contribution in [0, 0.1) is 0 Å². The molecule has 8 heteroatoms. The van der Waals surface area contributed by atoms with Gasteiger partial charge in [-0.1, -0.05) is 0 Å². The van der Waals surface area contributed by atoms with Crippen molar-refractivity contribution in [3.05, 3.63) is 18.2 Å². The molecule has 1 aromatic heterocycles. The Kier molecular flexibility index (Phi) is 4.54. The van der Waals surface area contributed by atoms with Gasteiger partial charge in [-0.05, 0) is 0 Å². The fourth-order valence-electron chi connectivity index (χ4n) is 2.05. The van der Waals surface area contributed by atoms with E-state index in [0.717, 1.165) is 5.69 Å². The van der Waals surface area contributed by atoms with E-state index < -0.39 is 9.84 Å². The molecule has 1 fully saturated rings. The quantitative estimate of drug-likeness (QED) is 0.634. The molecular formula is C11H18N4O3S. The summed E-state index contributed by atoms with van der Waals surface area (Å²) in [5, 5.41) is 5.83. The van der Waals surface area contributed by atoms with Crippen LogP contribution in [0.1, 0.15) is 12.1 Å². The lowest BCUT2D eigenvalue weighted by molar-refractivity contribution is -0.121. The van der Waals surface area contributed by atoms with Crippen molar-refractivity contribution in [3.8, 4) is 0 Å². The van der Waals surface area contributed by atoms with Gasteiger partial charge in [-0.25, -0.2) is 13.4 Å². The van der Waals surface area contributed by atoms with Gasteiger partial charge >= 0.3 is 0 Å². The van der Waals surface area contributed by atoms with E-state index in [1.54, 1.807) is 12.5 Å². The number of aromatic nitrogens is 2. The number of aromatic amines is 1. The monoisotopic (exact) mass is 286 g/mol. The van der Waals surface area contributed by atoms with Gasteiger partial charge in [0.15, 0.2) is 9.84 Å². The molecule has 106 valence electrons. The maximum atomic E-state index is 11.7.